The third-order valence-electron chi connectivity index (χ3n) is 4.76. The van der Waals surface area contributed by atoms with Crippen molar-refractivity contribution in [2.24, 2.45) is 0 Å². The van der Waals surface area contributed by atoms with E-state index in [4.69, 9.17) is 4.74 Å². The molecule has 0 saturated carbocycles. The van der Waals surface area contributed by atoms with Crippen LogP contribution in [0.3, 0.4) is 0 Å². The number of morpholine rings is 1. The minimum absolute atomic E-state index is 0. The first-order chi connectivity index (χ1) is 10.3. The number of rotatable bonds is 1. The number of fused-ring (bicyclic) bond motifs is 3. The minimum Gasteiger partial charge on any atom is -0.379 e. The number of carbonyl (C=O) groups is 1. The van der Waals surface area contributed by atoms with E-state index < -0.39 is 0 Å². The van der Waals surface area contributed by atoms with E-state index in [2.05, 4.69) is 35.2 Å². The maximum absolute atomic E-state index is 12.9. The first kappa shape index (κ1) is 15.5. The molecule has 22 heavy (non-hydrogen) atoms. The predicted molar refractivity (Wildman–Crippen MR) is 90.0 cm³/mol. The van der Waals surface area contributed by atoms with Crippen LogP contribution in [-0.4, -0.2) is 43.0 Å². The molecule has 3 nitrogen and oxygen atoms in total. The molecule has 2 aliphatic rings. The van der Waals surface area contributed by atoms with Crippen LogP contribution < -0.4 is 0 Å². The molecule has 1 atom stereocenters. The zero-order valence-corrected chi connectivity index (χ0v) is 13.3. The lowest BCUT2D eigenvalue weighted by Crippen LogP contribution is -2.49. The first-order valence-electron chi connectivity index (χ1n) is 7.71. The van der Waals surface area contributed by atoms with Gasteiger partial charge in [0.2, 0.25) is 0 Å². The van der Waals surface area contributed by atoms with Gasteiger partial charge in [0.25, 0.3) is 0 Å². The van der Waals surface area contributed by atoms with Crippen LogP contribution in [-0.2, 0) is 11.2 Å². The summed E-state index contributed by atoms with van der Waals surface area (Å²) in [5.41, 5.74) is 2.17. The van der Waals surface area contributed by atoms with Crippen LogP contribution >= 0.6 is 12.4 Å². The lowest BCUT2D eigenvalue weighted by molar-refractivity contribution is 0.0153. The van der Waals surface area contributed by atoms with Gasteiger partial charge in [0.1, 0.15) is 0 Å². The molecule has 0 amide bonds. The highest BCUT2D eigenvalue weighted by Gasteiger charge is 2.33. The van der Waals surface area contributed by atoms with Gasteiger partial charge in [-0.15, -0.1) is 12.4 Å². The summed E-state index contributed by atoms with van der Waals surface area (Å²) in [6, 6.07) is 12.5. The molecule has 116 valence electrons. The predicted octanol–water partition coefficient (Wildman–Crippen LogP) is 3.09. The number of halogens is 1. The Bertz CT molecular complexity index is 695. The Hall–Kier alpha value is -1.42. The van der Waals surface area contributed by atoms with Crippen molar-refractivity contribution in [3.63, 3.8) is 0 Å². The van der Waals surface area contributed by atoms with E-state index in [1.807, 2.05) is 6.07 Å². The number of benzene rings is 2. The van der Waals surface area contributed by atoms with Crippen molar-refractivity contribution in [3.8, 4) is 0 Å². The largest absolute Gasteiger partial charge is 0.379 e. The van der Waals surface area contributed by atoms with Gasteiger partial charge in [0, 0.05) is 18.7 Å². The zero-order chi connectivity index (χ0) is 14.2. The molecule has 1 fully saturated rings. The molecule has 0 N–H and O–H groups in total. The number of hydrogen-bond acceptors (Lipinski definition) is 3. The molecule has 1 aliphatic carbocycles. The third kappa shape index (κ3) is 2.54. The summed E-state index contributed by atoms with van der Waals surface area (Å²) in [7, 11) is 0. The molecule has 1 heterocycles. The number of carbonyl (C=O) groups excluding carboxylic acids is 1. The van der Waals surface area contributed by atoms with Crippen LogP contribution in [0, 0.1) is 0 Å². The van der Waals surface area contributed by atoms with Gasteiger partial charge < -0.3 is 4.74 Å². The van der Waals surface area contributed by atoms with Crippen molar-refractivity contribution in [2.45, 2.75) is 18.9 Å². The average Bonchev–Trinajstić information content (AvgIpc) is 2.56. The molecular weight excluding hydrogens is 298 g/mol. The lowest BCUT2D eigenvalue weighted by atomic mass is 9.83. The quantitative estimate of drug-likeness (QED) is 0.809. The molecule has 4 heteroatoms. The van der Waals surface area contributed by atoms with Gasteiger partial charge in [0.05, 0.1) is 19.3 Å². The monoisotopic (exact) mass is 317 g/mol. The Morgan fingerprint density at radius 2 is 1.82 bits per heavy atom. The van der Waals surface area contributed by atoms with Crippen LogP contribution in [0.15, 0.2) is 36.4 Å². The molecule has 2 aromatic rings. The van der Waals surface area contributed by atoms with Crippen LogP contribution in [0.4, 0.5) is 0 Å². The van der Waals surface area contributed by atoms with Gasteiger partial charge >= 0.3 is 0 Å². The summed E-state index contributed by atoms with van der Waals surface area (Å²) in [4.78, 5) is 15.2. The number of ketones is 1. The Labute approximate surface area is 136 Å². The number of hydrogen-bond donors (Lipinski definition) is 0. The molecule has 0 radical (unpaired) electrons. The van der Waals surface area contributed by atoms with E-state index in [1.54, 1.807) is 0 Å². The highest BCUT2D eigenvalue weighted by atomic mass is 35.5. The Kier molecular flexibility index (Phi) is 4.48. The van der Waals surface area contributed by atoms with Gasteiger partial charge in [-0.25, -0.2) is 0 Å². The minimum atomic E-state index is 0. The molecule has 0 aromatic heterocycles. The Balaban J connectivity index is 0.00000144. The van der Waals surface area contributed by atoms with Crippen LogP contribution in [0.1, 0.15) is 22.3 Å². The molecule has 1 saturated heterocycles. The number of aryl methyl sites for hydroxylation is 1. The van der Waals surface area contributed by atoms with Crippen LogP contribution in [0.5, 0.6) is 0 Å². The summed E-state index contributed by atoms with van der Waals surface area (Å²) < 4.78 is 5.40. The number of Topliss-reactive ketones (excluding diaryl/α,β-unsaturated/α-hetero) is 1. The van der Waals surface area contributed by atoms with E-state index in [1.165, 1.54) is 16.3 Å². The molecule has 4 rings (SSSR count). The Morgan fingerprint density at radius 1 is 1.05 bits per heavy atom. The van der Waals surface area contributed by atoms with Gasteiger partial charge in [0.15, 0.2) is 5.78 Å². The van der Waals surface area contributed by atoms with Crippen molar-refractivity contribution in [3.05, 3.63) is 47.5 Å². The number of ether oxygens (including phenoxy) is 1. The van der Waals surface area contributed by atoms with Gasteiger partial charge in [-0.2, -0.15) is 0 Å². The second kappa shape index (κ2) is 6.37. The first-order valence-corrected chi connectivity index (χ1v) is 7.71. The molecule has 2 aromatic carbocycles. The summed E-state index contributed by atoms with van der Waals surface area (Å²) in [6.07, 6.45) is 1.92. The standard InChI is InChI=1S/C18H19NO2.ClH/c20-18-16-6-5-13-3-1-2-4-14(13)15(16)7-8-17(18)19-9-11-21-12-10-19;/h1-6,17H,7-12H2;1H. The van der Waals surface area contributed by atoms with E-state index in [0.29, 0.717) is 5.78 Å². The molecular formula is C18H20ClNO2. The van der Waals surface area contributed by atoms with E-state index in [9.17, 15) is 4.79 Å². The second-order valence-corrected chi connectivity index (χ2v) is 5.88. The van der Waals surface area contributed by atoms with E-state index in [-0.39, 0.29) is 18.4 Å². The fourth-order valence-electron chi connectivity index (χ4n) is 3.67. The van der Waals surface area contributed by atoms with E-state index >= 15 is 0 Å². The van der Waals surface area contributed by atoms with Crippen molar-refractivity contribution < 1.29 is 9.53 Å². The van der Waals surface area contributed by atoms with Crippen LogP contribution in [0.25, 0.3) is 10.8 Å². The summed E-state index contributed by atoms with van der Waals surface area (Å²) >= 11 is 0. The van der Waals surface area contributed by atoms with E-state index in [0.717, 1.165) is 44.7 Å². The molecule has 1 aliphatic heterocycles. The van der Waals surface area contributed by atoms with Gasteiger partial charge in [-0.3, -0.25) is 9.69 Å². The fraction of sp³-hybridized carbons (Fsp3) is 0.389. The maximum Gasteiger partial charge on any atom is 0.180 e. The fourth-order valence-corrected chi connectivity index (χ4v) is 3.67. The second-order valence-electron chi connectivity index (χ2n) is 5.88. The maximum atomic E-state index is 12.9. The summed E-state index contributed by atoms with van der Waals surface area (Å²) in [6.45, 7) is 3.24. The highest BCUT2D eigenvalue weighted by molar-refractivity contribution is 6.06. The lowest BCUT2D eigenvalue weighted by Gasteiger charge is -2.36. The number of nitrogens with zero attached hydrogens (tertiary/aromatic N) is 1. The van der Waals surface area contributed by atoms with Crippen molar-refractivity contribution in [1.29, 1.82) is 0 Å². The van der Waals surface area contributed by atoms with Gasteiger partial charge in [-0.1, -0.05) is 36.4 Å². The third-order valence-corrected chi connectivity index (χ3v) is 4.76. The highest BCUT2D eigenvalue weighted by Crippen LogP contribution is 2.31. The normalized spacial score (nSPS) is 22.2. The SMILES string of the molecule is Cl.O=C1c2ccc3ccccc3c2CCC1N1CCOCC1. The topological polar surface area (TPSA) is 29.5 Å². The van der Waals surface area contributed by atoms with Gasteiger partial charge in [-0.05, 0) is 29.2 Å². The molecule has 1 unspecified atom stereocenters. The van der Waals surface area contributed by atoms with Crippen molar-refractivity contribution in [1.82, 2.24) is 4.90 Å². The average molecular weight is 318 g/mol. The van der Waals surface area contributed by atoms with Crippen molar-refractivity contribution >= 4 is 29.0 Å². The smallest absolute Gasteiger partial charge is 0.180 e. The van der Waals surface area contributed by atoms with Crippen molar-refractivity contribution in [2.75, 3.05) is 26.3 Å². The molecule has 0 bridgehead atoms. The summed E-state index contributed by atoms with van der Waals surface area (Å²) in [5, 5.41) is 2.47. The van der Waals surface area contributed by atoms with Crippen LogP contribution in [0.2, 0.25) is 0 Å². The molecule has 0 spiro atoms. The summed E-state index contributed by atoms with van der Waals surface area (Å²) in [5.74, 6) is 0.295. The zero-order valence-electron chi connectivity index (χ0n) is 12.5. The Morgan fingerprint density at radius 3 is 2.64 bits per heavy atom.